The first-order valence-corrected chi connectivity index (χ1v) is 6.57. The van der Waals surface area contributed by atoms with E-state index in [0.29, 0.717) is 6.54 Å². The Morgan fingerprint density at radius 3 is 2.40 bits per heavy atom. The van der Waals surface area contributed by atoms with Gasteiger partial charge in [0.05, 0.1) is 0 Å². The third-order valence-corrected chi connectivity index (χ3v) is 2.73. The molecule has 1 atom stereocenters. The molecule has 0 saturated carbocycles. The molecule has 0 aliphatic heterocycles. The van der Waals surface area contributed by atoms with Crippen LogP contribution in [-0.2, 0) is 4.79 Å². The number of nitrogens with one attached hydrogen (secondary N) is 2. The van der Waals surface area contributed by atoms with Crippen LogP contribution in [0.1, 0.15) is 31.4 Å². The first kappa shape index (κ1) is 16.5. The molecule has 0 radical (unpaired) electrons. The highest BCUT2D eigenvalue weighted by molar-refractivity contribution is 5.75. The molecule has 0 saturated heterocycles. The van der Waals surface area contributed by atoms with Gasteiger partial charge in [-0.3, -0.25) is 4.79 Å². The van der Waals surface area contributed by atoms with Crippen LogP contribution in [0, 0.1) is 0 Å². The number of hydrogen-bond donors (Lipinski definition) is 2. The lowest BCUT2D eigenvalue weighted by atomic mass is 10.1. The summed E-state index contributed by atoms with van der Waals surface area (Å²) in [5, 5.41) is 5.02. The maximum Gasteiger partial charge on any atom is 0.407 e. The molecule has 3 nitrogen and oxygen atoms in total. The predicted octanol–water partition coefficient (Wildman–Crippen LogP) is 2.80. The summed E-state index contributed by atoms with van der Waals surface area (Å²) < 4.78 is 38.9. The smallest absolute Gasteiger partial charge is 0.356 e. The van der Waals surface area contributed by atoms with E-state index in [-0.39, 0.29) is 24.4 Å². The average molecular weight is 288 g/mol. The van der Waals surface area contributed by atoms with Gasteiger partial charge in [-0.15, -0.1) is 0 Å². The monoisotopic (exact) mass is 288 g/mol. The van der Waals surface area contributed by atoms with Gasteiger partial charge in [-0.25, -0.2) is 0 Å². The zero-order valence-electron chi connectivity index (χ0n) is 11.3. The summed E-state index contributed by atoms with van der Waals surface area (Å²) in [6.07, 6.45) is -3.56. The van der Waals surface area contributed by atoms with Crippen molar-refractivity contribution in [2.24, 2.45) is 0 Å². The lowest BCUT2D eigenvalue weighted by Crippen LogP contribution is -2.36. The van der Waals surface area contributed by atoms with Gasteiger partial charge in [-0.1, -0.05) is 37.3 Å². The average Bonchev–Trinajstić information content (AvgIpc) is 2.41. The SMILES string of the molecule is CCCNC(=O)CCNC(c1ccccc1)C(F)(F)F. The molecular formula is C14H19F3N2O. The first-order chi connectivity index (χ1) is 9.45. The van der Waals surface area contributed by atoms with Gasteiger partial charge in [0, 0.05) is 19.5 Å². The fourth-order valence-electron chi connectivity index (χ4n) is 1.75. The van der Waals surface area contributed by atoms with E-state index in [1.807, 2.05) is 6.92 Å². The number of halogens is 3. The Hall–Kier alpha value is -1.56. The van der Waals surface area contributed by atoms with E-state index in [1.54, 1.807) is 18.2 Å². The van der Waals surface area contributed by atoms with Crippen LogP contribution in [0.2, 0.25) is 0 Å². The van der Waals surface area contributed by atoms with Crippen molar-refractivity contribution in [1.82, 2.24) is 10.6 Å². The molecule has 1 unspecified atom stereocenters. The van der Waals surface area contributed by atoms with Crippen LogP contribution in [0.5, 0.6) is 0 Å². The second-order valence-corrected chi connectivity index (χ2v) is 4.44. The molecule has 1 aromatic rings. The Morgan fingerprint density at radius 1 is 1.20 bits per heavy atom. The molecule has 0 aliphatic carbocycles. The van der Waals surface area contributed by atoms with E-state index in [4.69, 9.17) is 0 Å². The van der Waals surface area contributed by atoms with Gasteiger partial charge in [-0.2, -0.15) is 13.2 Å². The molecule has 1 amide bonds. The van der Waals surface area contributed by atoms with Crippen molar-refractivity contribution in [2.45, 2.75) is 32.0 Å². The quantitative estimate of drug-likeness (QED) is 0.810. The zero-order valence-corrected chi connectivity index (χ0v) is 11.3. The van der Waals surface area contributed by atoms with Gasteiger partial charge in [0.25, 0.3) is 0 Å². The number of rotatable bonds is 7. The molecule has 20 heavy (non-hydrogen) atoms. The number of carbonyl (C=O) groups is 1. The molecule has 0 bridgehead atoms. The Balaban J connectivity index is 2.54. The van der Waals surface area contributed by atoms with Gasteiger partial charge in [-0.05, 0) is 12.0 Å². The van der Waals surface area contributed by atoms with Gasteiger partial charge in [0.15, 0.2) is 0 Å². The number of amides is 1. The fourth-order valence-corrected chi connectivity index (χ4v) is 1.75. The number of hydrogen-bond acceptors (Lipinski definition) is 2. The largest absolute Gasteiger partial charge is 0.407 e. The van der Waals surface area contributed by atoms with E-state index in [9.17, 15) is 18.0 Å². The van der Waals surface area contributed by atoms with Crippen LogP contribution in [0.3, 0.4) is 0 Å². The lowest BCUT2D eigenvalue weighted by molar-refractivity contribution is -0.158. The van der Waals surface area contributed by atoms with Gasteiger partial charge < -0.3 is 10.6 Å². The highest BCUT2D eigenvalue weighted by atomic mass is 19.4. The summed E-state index contributed by atoms with van der Waals surface area (Å²) in [7, 11) is 0. The van der Waals surface area contributed by atoms with Crippen LogP contribution in [0.25, 0.3) is 0 Å². The Morgan fingerprint density at radius 2 is 1.85 bits per heavy atom. The molecular weight excluding hydrogens is 269 g/mol. The molecule has 2 N–H and O–H groups in total. The van der Waals surface area contributed by atoms with Crippen molar-refractivity contribution in [2.75, 3.05) is 13.1 Å². The summed E-state index contributed by atoms with van der Waals surface area (Å²) in [6, 6.07) is 5.87. The maximum absolute atomic E-state index is 13.0. The van der Waals surface area contributed by atoms with E-state index < -0.39 is 12.2 Å². The Kier molecular flexibility index (Phi) is 6.51. The van der Waals surface area contributed by atoms with Gasteiger partial charge in [0.2, 0.25) is 5.91 Å². The Bertz CT molecular complexity index is 407. The molecule has 1 aromatic carbocycles. The predicted molar refractivity (Wildman–Crippen MR) is 71.2 cm³/mol. The van der Waals surface area contributed by atoms with Crippen molar-refractivity contribution in [1.29, 1.82) is 0 Å². The van der Waals surface area contributed by atoms with Crippen molar-refractivity contribution >= 4 is 5.91 Å². The maximum atomic E-state index is 13.0. The Labute approximate surface area is 116 Å². The molecule has 1 rings (SSSR count). The number of carbonyl (C=O) groups excluding carboxylic acids is 1. The molecule has 0 heterocycles. The second kappa shape index (κ2) is 7.89. The van der Waals surface area contributed by atoms with E-state index in [0.717, 1.165) is 6.42 Å². The summed E-state index contributed by atoms with van der Waals surface area (Å²) in [4.78, 5) is 11.3. The third kappa shape index (κ3) is 5.61. The van der Waals surface area contributed by atoms with Crippen LogP contribution in [0.15, 0.2) is 30.3 Å². The van der Waals surface area contributed by atoms with Crippen LogP contribution in [-0.4, -0.2) is 25.2 Å². The van der Waals surface area contributed by atoms with Gasteiger partial charge >= 0.3 is 6.18 Å². The minimum atomic E-state index is -4.39. The lowest BCUT2D eigenvalue weighted by Gasteiger charge is -2.22. The third-order valence-electron chi connectivity index (χ3n) is 2.73. The summed E-state index contributed by atoms with van der Waals surface area (Å²) >= 11 is 0. The van der Waals surface area contributed by atoms with Crippen molar-refractivity contribution in [3.05, 3.63) is 35.9 Å². The highest BCUT2D eigenvalue weighted by Crippen LogP contribution is 2.32. The molecule has 6 heteroatoms. The van der Waals surface area contributed by atoms with Gasteiger partial charge in [0.1, 0.15) is 6.04 Å². The van der Waals surface area contributed by atoms with Crippen LogP contribution in [0.4, 0.5) is 13.2 Å². The molecule has 0 aromatic heterocycles. The summed E-state index contributed by atoms with van der Waals surface area (Å²) in [5.74, 6) is -0.242. The summed E-state index contributed by atoms with van der Waals surface area (Å²) in [6.45, 7) is 2.43. The molecule has 112 valence electrons. The van der Waals surface area contributed by atoms with Crippen LogP contribution >= 0.6 is 0 Å². The number of alkyl halides is 3. The first-order valence-electron chi connectivity index (χ1n) is 6.57. The van der Waals surface area contributed by atoms with Crippen molar-refractivity contribution in [3.63, 3.8) is 0 Å². The minimum absolute atomic E-state index is 0.0192. The second-order valence-electron chi connectivity index (χ2n) is 4.44. The standard InChI is InChI=1S/C14H19F3N2O/c1-2-9-18-12(20)8-10-19-13(14(15,16)17)11-6-4-3-5-7-11/h3-7,13,19H,2,8-10H2,1H3,(H,18,20). The minimum Gasteiger partial charge on any atom is -0.356 e. The normalized spacial score (nSPS) is 13.0. The van der Waals surface area contributed by atoms with E-state index in [1.165, 1.54) is 12.1 Å². The zero-order chi connectivity index (χ0) is 15.0. The van der Waals surface area contributed by atoms with Crippen LogP contribution < -0.4 is 10.6 Å². The van der Waals surface area contributed by atoms with Crippen molar-refractivity contribution in [3.8, 4) is 0 Å². The highest BCUT2D eigenvalue weighted by Gasteiger charge is 2.40. The molecule has 0 spiro atoms. The fraction of sp³-hybridized carbons (Fsp3) is 0.500. The number of benzene rings is 1. The topological polar surface area (TPSA) is 41.1 Å². The van der Waals surface area contributed by atoms with Crippen molar-refractivity contribution < 1.29 is 18.0 Å². The molecule has 0 fully saturated rings. The summed E-state index contributed by atoms with van der Waals surface area (Å²) in [5.41, 5.74) is 0.147. The molecule has 0 aliphatic rings. The van der Waals surface area contributed by atoms with E-state index >= 15 is 0 Å². The van der Waals surface area contributed by atoms with E-state index in [2.05, 4.69) is 10.6 Å².